The summed E-state index contributed by atoms with van der Waals surface area (Å²) in [7, 11) is 0. The molecule has 0 saturated carbocycles. The molecule has 0 radical (unpaired) electrons. The molecule has 0 unspecified atom stereocenters. The first-order chi connectivity index (χ1) is 12.5. The fourth-order valence-electron chi connectivity index (χ4n) is 2.92. The van der Waals surface area contributed by atoms with Crippen LogP contribution in [0.1, 0.15) is 22.3 Å². The van der Waals surface area contributed by atoms with E-state index in [4.69, 9.17) is 16.0 Å². The Hall–Kier alpha value is -2.79. The minimum atomic E-state index is -0.329. The van der Waals surface area contributed by atoms with Gasteiger partial charge in [-0.25, -0.2) is 0 Å². The Balaban J connectivity index is 1.63. The average Bonchev–Trinajstić information content (AvgIpc) is 3.01. The number of nitrogens with one attached hydrogen (secondary N) is 2. The van der Waals surface area contributed by atoms with Crippen molar-refractivity contribution >= 4 is 34.4 Å². The molecule has 0 saturated heterocycles. The van der Waals surface area contributed by atoms with Gasteiger partial charge in [-0.15, -0.1) is 0 Å². The monoisotopic (exact) mass is 370 g/mol. The Morgan fingerprint density at radius 1 is 1.04 bits per heavy atom. The lowest BCUT2D eigenvalue weighted by Crippen LogP contribution is -2.43. The van der Waals surface area contributed by atoms with Crippen LogP contribution in [0.5, 0.6) is 0 Å². The molecular weight excluding hydrogens is 352 g/mol. The normalized spacial score (nSPS) is 10.7. The Morgan fingerprint density at radius 2 is 1.69 bits per heavy atom. The fraction of sp³-hybridized carbons (Fsp3) is 0.200. The van der Waals surface area contributed by atoms with Crippen molar-refractivity contribution in [3.8, 4) is 0 Å². The third-order valence-corrected chi connectivity index (χ3v) is 4.78. The highest BCUT2D eigenvalue weighted by Crippen LogP contribution is 2.32. The molecule has 2 N–H and O–H groups in total. The van der Waals surface area contributed by atoms with E-state index in [1.165, 1.54) is 0 Å². The van der Waals surface area contributed by atoms with Crippen LogP contribution < -0.4 is 10.9 Å². The number of halogens is 1. The number of fused-ring (bicyclic) bond motifs is 1. The summed E-state index contributed by atoms with van der Waals surface area (Å²) in [4.78, 5) is 24.1. The molecule has 0 bridgehead atoms. The van der Waals surface area contributed by atoms with Gasteiger partial charge in [0, 0.05) is 16.0 Å². The van der Waals surface area contributed by atoms with Crippen molar-refractivity contribution in [1.82, 2.24) is 10.9 Å². The van der Waals surface area contributed by atoms with E-state index in [1.54, 1.807) is 6.26 Å². The van der Waals surface area contributed by atoms with Gasteiger partial charge in [0.05, 0.1) is 19.1 Å². The van der Waals surface area contributed by atoms with Gasteiger partial charge in [-0.2, -0.15) is 0 Å². The summed E-state index contributed by atoms with van der Waals surface area (Å²) >= 11 is 6.30. The quantitative estimate of drug-likeness (QED) is 0.689. The van der Waals surface area contributed by atoms with Gasteiger partial charge in [-0.05, 0) is 36.6 Å². The van der Waals surface area contributed by atoms with Crippen molar-refractivity contribution in [2.45, 2.75) is 26.7 Å². The van der Waals surface area contributed by atoms with Gasteiger partial charge in [0.25, 0.3) is 0 Å². The molecule has 3 rings (SSSR count). The minimum Gasteiger partial charge on any atom is -0.464 e. The maximum Gasteiger partial charge on any atom is 0.242 e. The number of benzene rings is 2. The zero-order chi connectivity index (χ0) is 18.7. The molecule has 0 fully saturated rings. The van der Waals surface area contributed by atoms with E-state index in [9.17, 15) is 9.59 Å². The molecule has 0 atom stereocenters. The fourth-order valence-corrected chi connectivity index (χ4v) is 3.07. The topological polar surface area (TPSA) is 71.3 Å². The number of hydrogen-bond donors (Lipinski definition) is 2. The van der Waals surface area contributed by atoms with E-state index in [1.807, 2.05) is 50.2 Å². The predicted molar refractivity (Wildman–Crippen MR) is 101 cm³/mol. The standard InChI is InChI=1S/C20H19ClN2O3/c1-12-8-16-19(13(2)20(12)21)15(11-26-16)10-18(25)23-22-17(24)9-14-6-4-3-5-7-14/h3-8,11H,9-10H2,1-2H3,(H,22,24)(H,23,25). The van der Waals surface area contributed by atoms with Crippen molar-refractivity contribution < 1.29 is 14.0 Å². The Bertz CT molecular complexity index is 964. The van der Waals surface area contributed by atoms with Crippen molar-refractivity contribution in [2.75, 3.05) is 0 Å². The van der Waals surface area contributed by atoms with Gasteiger partial charge >= 0.3 is 0 Å². The molecule has 1 heterocycles. The molecule has 5 nitrogen and oxygen atoms in total. The summed E-state index contributed by atoms with van der Waals surface area (Å²) in [6, 6.07) is 11.2. The van der Waals surface area contributed by atoms with Crippen molar-refractivity contribution in [1.29, 1.82) is 0 Å². The predicted octanol–water partition coefficient (Wildman–Crippen LogP) is 3.64. The maximum atomic E-state index is 12.2. The van der Waals surface area contributed by atoms with Gasteiger partial charge < -0.3 is 4.42 Å². The third kappa shape index (κ3) is 3.89. The second-order valence-corrected chi connectivity index (χ2v) is 6.58. The number of furan rings is 1. The van der Waals surface area contributed by atoms with Crippen LogP contribution in [0.15, 0.2) is 47.1 Å². The third-order valence-electron chi connectivity index (χ3n) is 4.19. The van der Waals surface area contributed by atoms with Crippen LogP contribution in [-0.4, -0.2) is 11.8 Å². The molecule has 0 spiro atoms. The number of hydrazine groups is 1. The molecule has 2 amide bonds. The van der Waals surface area contributed by atoms with Crippen molar-refractivity contribution in [3.63, 3.8) is 0 Å². The van der Waals surface area contributed by atoms with Gasteiger partial charge in [0.1, 0.15) is 5.58 Å². The molecule has 0 aliphatic carbocycles. The molecule has 0 aliphatic heterocycles. The van der Waals surface area contributed by atoms with Gasteiger partial charge in [0.15, 0.2) is 0 Å². The average molecular weight is 371 g/mol. The lowest BCUT2D eigenvalue weighted by atomic mass is 10.0. The van der Waals surface area contributed by atoms with E-state index in [-0.39, 0.29) is 24.7 Å². The van der Waals surface area contributed by atoms with E-state index in [2.05, 4.69) is 10.9 Å². The molecule has 1 aromatic heterocycles. The second-order valence-electron chi connectivity index (χ2n) is 6.20. The minimum absolute atomic E-state index is 0.0822. The lowest BCUT2D eigenvalue weighted by molar-refractivity contribution is -0.128. The van der Waals surface area contributed by atoms with Crippen LogP contribution in [0.2, 0.25) is 5.02 Å². The number of rotatable bonds is 4. The summed E-state index contributed by atoms with van der Waals surface area (Å²) < 4.78 is 5.55. The molecular formula is C20H19ClN2O3. The van der Waals surface area contributed by atoms with E-state index in [0.717, 1.165) is 27.6 Å². The lowest BCUT2D eigenvalue weighted by Gasteiger charge is -2.08. The van der Waals surface area contributed by atoms with Gasteiger partial charge in [-0.1, -0.05) is 41.9 Å². The number of amides is 2. The number of carbonyl (C=O) groups excluding carboxylic acids is 2. The maximum absolute atomic E-state index is 12.2. The number of aryl methyl sites for hydroxylation is 2. The summed E-state index contributed by atoms with van der Waals surface area (Å²) in [6.07, 6.45) is 1.83. The van der Waals surface area contributed by atoms with Crippen molar-refractivity contribution in [2.24, 2.45) is 0 Å². The summed E-state index contributed by atoms with van der Waals surface area (Å²) in [5.74, 6) is -0.610. The van der Waals surface area contributed by atoms with E-state index in [0.29, 0.717) is 10.6 Å². The zero-order valence-corrected chi connectivity index (χ0v) is 15.3. The van der Waals surface area contributed by atoms with Gasteiger partial charge in [-0.3, -0.25) is 20.4 Å². The molecule has 134 valence electrons. The Labute approximate surface area is 156 Å². The van der Waals surface area contributed by atoms with Crippen LogP contribution in [-0.2, 0) is 22.4 Å². The van der Waals surface area contributed by atoms with Crippen LogP contribution in [0.3, 0.4) is 0 Å². The summed E-state index contributed by atoms with van der Waals surface area (Å²) in [5.41, 5.74) is 8.98. The zero-order valence-electron chi connectivity index (χ0n) is 14.6. The molecule has 3 aromatic rings. The molecule has 0 aliphatic rings. The highest BCUT2D eigenvalue weighted by atomic mass is 35.5. The molecule has 26 heavy (non-hydrogen) atoms. The molecule has 2 aromatic carbocycles. The Kier molecular flexibility index (Phi) is 5.28. The van der Waals surface area contributed by atoms with Gasteiger partial charge in [0.2, 0.25) is 11.8 Å². The summed E-state index contributed by atoms with van der Waals surface area (Å²) in [5, 5.41) is 1.50. The van der Waals surface area contributed by atoms with Crippen LogP contribution in [0.25, 0.3) is 11.0 Å². The number of hydrogen-bond acceptors (Lipinski definition) is 3. The first kappa shape index (κ1) is 18.0. The van der Waals surface area contributed by atoms with E-state index < -0.39 is 0 Å². The van der Waals surface area contributed by atoms with Crippen LogP contribution in [0.4, 0.5) is 0 Å². The first-order valence-electron chi connectivity index (χ1n) is 8.23. The summed E-state index contributed by atoms with van der Waals surface area (Å²) in [6.45, 7) is 3.81. The van der Waals surface area contributed by atoms with Crippen LogP contribution in [0, 0.1) is 13.8 Å². The largest absolute Gasteiger partial charge is 0.464 e. The SMILES string of the molecule is Cc1cc2occ(CC(=O)NNC(=O)Cc3ccccc3)c2c(C)c1Cl. The Morgan fingerprint density at radius 3 is 2.38 bits per heavy atom. The highest BCUT2D eigenvalue weighted by Gasteiger charge is 2.16. The highest BCUT2D eigenvalue weighted by molar-refractivity contribution is 6.33. The number of carbonyl (C=O) groups is 2. The van der Waals surface area contributed by atoms with Crippen molar-refractivity contribution in [3.05, 3.63) is 69.9 Å². The van der Waals surface area contributed by atoms with E-state index >= 15 is 0 Å². The smallest absolute Gasteiger partial charge is 0.242 e. The second kappa shape index (κ2) is 7.62. The first-order valence-corrected chi connectivity index (χ1v) is 8.61. The molecule has 6 heteroatoms. The van der Waals surface area contributed by atoms with Crippen LogP contribution >= 0.6 is 11.6 Å².